The molecule has 0 heterocycles. The smallest absolute Gasteiger partial charge is 0.332 e. The molecule has 104 valence electrons. The molecule has 0 bridgehead atoms. The molecule has 0 aromatic heterocycles. The van der Waals surface area contributed by atoms with Gasteiger partial charge in [0.25, 0.3) is 0 Å². The lowest BCUT2D eigenvalue weighted by atomic mass is 9.87. The number of ether oxygens (including phenoxy) is 1. The molecule has 0 saturated heterocycles. The highest BCUT2D eigenvalue weighted by molar-refractivity contribution is 6.01. The summed E-state index contributed by atoms with van der Waals surface area (Å²) < 4.78 is 4.70. The monoisotopic (exact) mass is 256 g/mol. The van der Waals surface area contributed by atoms with Crippen LogP contribution < -0.4 is 11.1 Å². The fourth-order valence-electron chi connectivity index (χ4n) is 2.32. The Labute approximate surface area is 108 Å². The summed E-state index contributed by atoms with van der Waals surface area (Å²) >= 11 is 0. The summed E-state index contributed by atoms with van der Waals surface area (Å²) in [6.07, 6.45) is 7.39. The number of esters is 1. The maximum Gasteiger partial charge on any atom is 0.332 e. The first-order valence-electron chi connectivity index (χ1n) is 6.85. The highest BCUT2D eigenvalue weighted by atomic mass is 16.5. The largest absolute Gasteiger partial charge is 0.464 e. The van der Waals surface area contributed by atoms with Gasteiger partial charge in [-0.05, 0) is 19.3 Å². The number of nitrogens with two attached hydrogens (primary N) is 1. The molecule has 1 unspecified atom stereocenters. The molecule has 1 atom stereocenters. The third-order valence-electron chi connectivity index (χ3n) is 3.40. The van der Waals surface area contributed by atoms with Gasteiger partial charge >= 0.3 is 5.97 Å². The van der Waals surface area contributed by atoms with Crippen molar-refractivity contribution >= 4 is 11.9 Å². The zero-order valence-electron chi connectivity index (χ0n) is 11.1. The van der Waals surface area contributed by atoms with Crippen LogP contribution in [0.2, 0.25) is 0 Å². The van der Waals surface area contributed by atoms with Crippen molar-refractivity contribution in [2.45, 2.75) is 51.5 Å². The fourth-order valence-corrected chi connectivity index (χ4v) is 2.32. The highest BCUT2D eigenvalue weighted by Gasteiger charge is 2.23. The number of hydrogen-bond acceptors (Lipinski definition) is 4. The van der Waals surface area contributed by atoms with E-state index in [4.69, 9.17) is 10.5 Å². The van der Waals surface area contributed by atoms with Crippen LogP contribution in [-0.4, -0.2) is 31.1 Å². The van der Waals surface area contributed by atoms with Crippen LogP contribution in [0.1, 0.15) is 45.4 Å². The van der Waals surface area contributed by atoms with Crippen LogP contribution in [0.25, 0.3) is 0 Å². The van der Waals surface area contributed by atoms with Crippen molar-refractivity contribution in [3.8, 4) is 0 Å². The molecule has 5 nitrogen and oxygen atoms in total. The van der Waals surface area contributed by atoms with Crippen LogP contribution in [0.15, 0.2) is 0 Å². The van der Waals surface area contributed by atoms with E-state index in [2.05, 4.69) is 5.32 Å². The van der Waals surface area contributed by atoms with Gasteiger partial charge < -0.3 is 15.8 Å². The summed E-state index contributed by atoms with van der Waals surface area (Å²) in [5.74, 6) is -0.394. The Bertz CT molecular complexity index is 275. The molecule has 0 radical (unpaired) electrons. The van der Waals surface area contributed by atoms with Gasteiger partial charge in [0.15, 0.2) is 6.04 Å². The van der Waals surface area contributed by atoms with Crippen LogP contribution in [0.3, 0.4) is 0 Å². The standard InChI is InChI=1S/C13H24N2O3/c1-2-18-13(17)11(14)12(16)15-9-8-10-6-4-3-5-7-10/h10-11H,2-9,14H2,1H3,(H,15,16). The van der Waals surface area contributed by atoms with Gasteiger partial charge in [-0.15, -0.1) is 0 Å². The molecule has 1 rings (SSSR count). The molecule has 1 amide bonds. The van der Waals surface area contributed by atoms with Crippen molar-refractivity contribution in [2.75, 3.05) is 13.2 Å². The summed E-state index contributed by atoms with van der Waals surface area (Å²) in [5, 5.41) is 2.70. The first kappa shape index (κ1) is 15.0. The van der Waals surface area contributed by atoms with Crippen LogP contribution >= 0.6 is 0 Å². The van der Waals surface area contributed by atoms with E-state index in [0.717, 1.165) is 6.42 Å². The lowest BCUT2D eigenvalue weighted by Crippen LogP contribution is -2.47. The van der Waals surface area contributed by atoms with Gasteiger partial charge in [-0.2, -0.15) is 0 Å². The highest BCUT2D eigenvalue weighted by Crippen LogP contribution is 2.25. The van der Waals surface area contributed by atoms with Crippen LogP contribution in [0, 0.1) is 5.92 Å². The molecule has 0 aromatic rings. The van der Waals surface area contributed by atoms with Gasteiger partial charge in [-0.1, -0.05) is 32.1 Å². The van der Waals surface area contributed by atoms with Gasteiger partial charge in [0.1, 0.15) is 0 Å². The van der Waals surface area contributed by atoms with Crippen LogP contribution in [0.4, 0.5) is 0 Å². The third-order valence-corrected chi connectivity index (χ3v) is 3.40. The van der Waals surface area contributed by atoms with E-state index in [1.54, 1.807) is 6.92 Å². The Kier molecular flexibility index (Phi) is 6.72. The van der Waals surface area contributed by atoms with E-state index in [0.29, 0.717) is 12.5 Å². The average molecular weight is 256 g/mol. The van der Waals surface area contributed by atoms with E-state index in [-0.39, 0.29) is 6.61 Å². The molecule has 1 fully saturated rings. The Hall–Kier alpha value is -1.10. The van der Waals surface area contributed by atoms with Gasteiger partial charge in [-0.25, -0.2) is 4.79 Å². The van der Waals surface area contributed by atoms with Crippen LogP contribution in [-0.2, 0) is 14.3 Å². The molecule has 1 aliphatic carbocycles. The second-order valence-corrected chi connectivity index (χ2v) is 4.81. The van der Waals surface area contributed by atoms with E-state index in [1.807, 2.05) is 0 Å². The summed E-state index contributed by atoms with van der Waals surface area (Å²) in [6, 6.07) is -1.20. The van der Waals surface area contributed by atoms with Gasteiger partial charge in [-0.3, -0.25) is 4.79 Å². The van der Waals surface area contributed by atoms with Crippen molar-refractivity contribution in [1.29, 1.82) is 0 Å². The van der Waals surface area contributed by atoms with Crippen LogP contribution in [0.5, 0.6) is 0 Å². The average Bonchev–Trinajstić information content (AvgIpc) is 2.39. The quantitative estimate of drug-likeness (QED) is 0.548. The molecule has 0 aliphatic heterocycles. The number of hydrogen-bond donors (Lipinski definition) is 2. The minimum atomic E-state index is -1.20. The zero-order valence-corrected chi connectivity index (χ0v) is 11.1. The van der Waals surface area contributed by atoms with Crippen molar-refractivity contribution in [3.63, 3.8) is 0 Å². The second kappa shape index (κ2) is 8.08. The summed E-state index contributed by atoms with van der Waals surface area (Å²) in [4.78, 5) is 22.8. The predicted molar refractivity (Wildman–Crippen MR) is 68.8 cm³/mol. The number of carbonyl (C=O) groups is 2. The lowest BCUT2D eigenvalue weighted by molar-refractivity contribution is -0.147. The molecule has 5 heteroatoms. The molecule has 1 aliphatic rings. The maximum atomic E-state index is 11.6. The zero-order chi connectivity index (χ0) is 13.4. The van der Waals surface area contributed by atoms with Gasteiger partial charge in [0.2, 0.25) is 5.91 Å². The third kappa shape index (κ3) is 5.04. The molecule has 18 heavy (non-hydrogen) atoms. The Morgan fingerprint density at radius 3 is 2.61 bits per heavy atom. The number of carbonyl (C=O) groups excluding carboxylic acids is 2. The molecule has 1 saturated carbocycles. The topological polar surface area (TPSA) is 81.4 Å². The fraction of sp³-hybridized carbons (Fsp3) is 0.846. The Morgan fingerprint density at radius 2 is 2.00 bits per heavy atom. The molecule has 3 N–H and O–H groups in total. The normalized spacial score (nSPS) is 18.1. The number of nitrogens with one attached hydrogen (secondary N) is 1. The predicted octanol–water partition coefficient (Wildman–Crippen LogP) is 0.963. The molecule has 0 spiro atoms. The lowest BCUT2D eigenvalue weighted by Gasteiger charge is -2.21. The summed E-state index contributed by atoms with van der Waals surface area (Å²) in [7, 11) is 0. The maximum absolute atomic E-state index is 11.6. The summed E-state index contributed by atoms with van der Waals surface area (Å²) in [5.41, 5.74) is 5.48. The molecule has 0 aromatic carbocycles. The van der Waals surface area contributed by atoms with E-state index in [9.17, 15) is 9.59 Å². The first-order valence-corrected chi connectivity index (χ1v) is 6.85. The van der Waals surface area contributed by atoms with E-state index >= 15 is 0 Å². The van der Waals surface area contributed by atoms with Gasteiger partial charge in [0.05, 0.1) is 6.61 Å². The second-order valence-electron chi connectivity index (χ2n) is 4.81. The van der Waals surface area contributed by atoms with Crippen molar-refractivity contribution in [1.82, 2.24) is 5.32 Å². The SMILES string of the molecule is CCOC(=O)C(N)C(=O)NCCC1CCCCC1. The van der Waals surface area contributed by atoms with Crippen molar-refractivity contribution in [2.24, 2.45) is 11.7 Å². The first-order chi connectivity index (χ1) is 8.65. The number of rotatable bonds is 6. The minimum Gasteiger partial charge on any atom is -0.464 e. The van der Waals surface area contributed by atoms with E-state index in [1.165, 1.54) is 32.1 Å². The van der Waals surface area contributed by atoms with Crippen molar-refractivity contribution < 1.29 is 14.3 Å². The number of amides is 1. The minimum absolute atomic E-state index is 0.238. The summed E-state index contributed by atoms with van der Waals surface area (Å²) in [6.45, 7) is 2.52. The Balaban J connectivity index is 2.17. The molecular formula is C13H24N2O3. The Morgan fingerprint density at radius 1 is 1.33 bits per heavy atom. The van der Waals surface area contributed by atoms with Crippen molar-refractivity contribution in [3.05, 3.63) is 0 Å². The molecular weight excluding hydrogens is 232 g/mol. The van der Waals surface area contributed by atoms with E-state index < -0.39 is 17.9 Å². The van der Waals surface area contributed by atoms with Gasteiger partial charge in [0, 0.05) is 6.54 Å².